The maximum Gasteiger partial charge on any atom is 0.303 e. The van der Waals surface area contributed by atoms with Crippen molar-refractivity contribution in [1.82, 2.24) is 5.32 Å². The van der Waals surface area contributed by atoms with E-state index < -0.39 is 5.97 Å². The van der Waals surface area contributed by atoms with E-state index in [9.17, 15) is 19.6 Å². The van der Waals surface area contributed by atoms with Gasteiger partial charge in [0.15, 0.2) is 0 Å². The molecule has 2 aliphatic rings. The van der Waals surface area contributed by atoms with Crippen LogP contribution in [0.15, 0.2) is 36.4 Å². The number of hydrogen-bond acceptors (Lipinski definition) is 5. The Kier molecular flexibility index (Phi) is 7.65. The summed E-state index contributed by atoms with van der Waals surface area (Å²) < 4.78 is 5.01. The number of aliphatic carboxylic acids is 1. The van der Waals surface area contributed by atoms with Crippen LogP contribution in [0.5, 0.6) is 0 Å². The molecule has 0 saturated heterocycles. The average Bonchev–Trinajstić information content (AvgIpc) is 3.35. The summed E-state index contributed by atoms with van der Waals surface area (Å²) in [6.07, 6.45) is 1.79. The lowest BCUT2D eigenvalue weighted by Crippen LogP contribution is -2.27. The van der Waals surface area contributed by atoms with Crippen LogP contribution in [0.3, 0.4) is 0 Å². The molecule has 3 N–H and O–H groups in total. The van der Waals surface area contributed by atoms with Gasteiger partial charge in [-0.25, -0.2) is 0 Å². The molecule has 0 bridgehead atoms. The Labute approximate surface area is 217 Å². The number of carboxylic acids is 1. The third-order valence-corrected chi connectivity index (χ3v) is 7.96. The normalized spacial score (nSPS) is 23.2. The largest absolute Gasteiger partial charge is 0.481 e. The van der Waals surface area contributed by atoms with E-state index in [1.807, 2.05) is 18.2 Å². The van der Waals surface area contributed by atoms with Gasteiger partial charge >= 0.3 is 5.97 Å². The highest BCUT2D eigenvalue weighted by Gasteiger charge is 2.69. The topological polar surface area (TPSA) is 129 Å². The quantitative estimate of drug-likeness (QED) is 0.421. The second kappa shape index (κ2) is 10.7. The van der Waals surface area contributed by atoms with E-state index in [1.54, 1.807) is 25.3 Å². The molecule has 37 heavy (non-hydrogen) atoms. The van der Waals surface area contributed by atoms with Crippen molar-refractivity contribution in [2.45, 2.75) is 50.9 Å². The maximum atomic E-state index is 13.6. The summed E-state index contributed by atoms with van der Waals surface area (Å²) in [6.45, 7) is 5.09. The van der Waals surface area contributed by atoms with Gasteiger partial charge in [-0.1, -0.05) is 26.0 Å². The second-order valence-electron chi connectivity index (χ2n) is 10.2. The van der Waals surface area contributed by atoms with Crippen molar-refractivity contribution in [1.29, 1.82) is 5.26 Å². The van der Waals surface area contributed by atoms with Crippen molar-refractivity contribution in [2.24, 2.45) is 11.8 Å². The number of amides is 2. The van der Waals surface area contributed by atoms with Crippen LogP contribution in [0.1, 0.15) is 71.6 Å². The molecule has 1 spiro atoms. The number of ether oxygens (including phenoxy) is 1. The van der Waals surface area contributed by atoms with Crippen LogP contribution in [0, 0.1) is 23.2 Å². The van der Waals surface area contributed by atoms with Gasteiger partial charge < -0.3 is 20.5 Å². The Bertz CT molecular complexity index is 1270. The van der Waals surface area contributed by atoms with Gasteiger partial charge in [-0.15, -0.1) is 0 Å². The highest BCUT2D eigenvalue weighted by Crippen LogP contribution is 2.68. The molecule has 2 aliphatic carbocycles. The molecule has 2 unspecified atom stereocenters. The number of methoxy groups -OCH3 is 1. The molecule has 0 aromatic heterocycles. The number of benzene rings is 2. The summed E-state index contributed by atoms with van der Waals surface area (Å²) in [5.74, 6) is -1.04. The monoisotopic (exact) mass is 503 g/mol. The number of nitrogens with one attached hydrogen (secondary N) is 2. The Morgan fingerprint density at radius 1 is 1.19 bits per heavy atom. The van der Waals surface area contributed by atoms with Crippen LogP contribution in [-0.4, -0.2) is 43.2 Å². The number of aryl methyl sites for hydroxylation is 1. The molecule has 4 rings (SSSR count). The molecule has 8 nitrogen and oxygen atoms in total. The zero-order valence-electron chi connectivity index (χ0n) is 21.5. The summed E-state index contributed by atoms with van der Waals surface area (Å²) in [6, 6.07) is 13.0. The van der Waals surface area contributed by atoms with Crippen LogP contribution >= 0.6 is 0 Å². The molecule has 1 fully saturated rings. The lowest BCUT2D eigenvalue weighted by molar-refractivity contribution is -0.137. The highest BCUT2D eigenvalue weighted by molar-refractivity contribution is 5.98. The van der Waals surface area contributed by atoms with Crippen LogP contribution in [0.25, 0.3) is 0 Å². The van der Waals surface area contributed by atoms with Gasteiger partial charge in [-0.05, 0) is 72.1 Å². The third kappa shape index (κ3) is 5.09. The Balaban J connectivity index is 1.56. The van der Waals surface area contributed by atoms with E-state index in [-0.39, 0.29) is 41.4 Å². The Morgan fingerprint density at radius 2 is 1.97 bits per heavy atom. The van der Waals surface area contributed by atoms with Crippen molar-refractivity contribution in [3.63, 3.8) is 0 Å². The number of carbonyl (C=O) groups excluding carboxylic acids is 2. The molecule has 2 aromatic rings. The third-order valence-electron chi connectivity index (χ3n) is 7.96. The average molecular weight is 504 g/mol. The molecule has 4 atom stereocenters. The predicted molar refractivity (Wildman–Crippen MR) is 138 cm³/mol. The Morgan fingerprint density at radius 3 is 2.68 bits per heavy atom. The lowest BCUT2D eigenvalue weighted by Gasteiger charge is -2.15. The highest BCUT2D eigenvalue weighted by atomic mass is 16.5. The molecule has 1 saturated carbocycles. The number of fused-ring (bicyclic) bond motifs is 2. The number of nitrogens with zero attached hydrogens (tertiary/aromatic N) is 1. The number of carboxylic acid groups (broad SMARTS) is 1. The van der Waals surface area contributed by atoms with Gasteiger partial charge in [0, 0.05) is 36.7 Å². The zero-order chi connectivity index (χ0) is 26.7. The standard InChI is InChI=1S/C29H33N3O5/c1-17-15-29(23-14-21(9-10-22(17)23)27(35)31-11-12-37-3)18(2)26(29)28(36)32-24-13-19(16-30)7-8-20(24)5-4-6-25(33)34/h7-10,13-14,17-18,26H,4-6,11-12,15H2,1-3H3,(H,31,35)(H,32,36)(H,33,34)/t17?,18?,26-,29+/m0/s1. The van der Waals surface area contributed by atoms with Crippen molar-refractivity contribution in [3.05, 3.63) is 64.2 Å². The first kappa shape index (κ1) is 26.4. The second-order valence-corrected chi connectivity index (χ2v) is 10.2. The van der Waals surface area contributed by atoms with E-state index in [4.69, 9.17) is 9.84 Å². The number of hydrogen-bond donors (Lipinski definition) is 3. The van der Waals surface area contributed by atoms with Gasteiger partial charge in [0.1, 0.15) is 0 Å². The summed E-state index contributed by atoms with van der Waals surface area (Å²) in [7, 11) is 1.59. The van der Waals surface area contributed by atoms with E-state index >= 15 is 0 Å². The Hall–Kier alpha value is -3.70. The predicted octanol–water partition coefficient (Wildman–Crippen LogP) is 3.99. The van der Waals surface area contributed by atoms with Gasteiger partial charge in [-0.3, -0.25) is 14.4 Å². The number of rotatable bonds is 10. The first-order valence-corrected chi connectivity index (χ1v) is 12.7. The summed E-state index contributed by atoms with van der Waals surface area (Å²) in [5, 5.41) is 24.3. The van der Waals surface area contributed by atoms with Crippen molar-refractivity contribution < 1.29 is 24.2 Å². The zero-order valence-corrected chi connectivity index (χ0v) is 21.5. The first-order valence-electron chi connectivity index (χ1n) is 12.7. The van der Waals surface area contributed by atoms with Crippen molar-refractivity contribution in [2.75, 3.05) is 25.6 Å². The maximum absolute atomic E-state index is 13.6. The molecule has 2 aromatic carbocycles. The summed E-state index contributed by atoms with van der Waals surface area (Å²) in [4.78, 5) is 37.2. The van der Waals surface area contributed by atoms with E-state index in [0.717, 1.165) is 17.5 Å². The smallest absolute Gasteiger partial charge is 0.303 e. The first-order chi connectivity index (χ1) is 17.7. The van der Waals surface area contributed by atoms with E-state index in [2.05, 4.69) is 30.6 Å². The molecule has 194 valence electrons. The van der Waals surface area contributed by atoms with Crippen LogP contribution < -0.4 is 10.6 Å². The minimum Gasteiger partial charge on any atom is -0.481 e. The van der Waals surface area contributed by atoms with Crippen LogP contribution in [0.4, 0.5) is 5.69 Å². The van der Waals surface area contributed by atoms with E-state index in [0.29, 0.717) is 42.8 Å². The minimum atomic E-state index is -0.867. The van der Waals surface area contributed by atoms with Gasteiger partial charge in [-0.2, -0.15) is 5.26 Å². The minimum absolute atomic E-state index is 0.0339. The molecular formula is C29H33N3O5. The van der Waals surface area contributed by atoms with Crippen LogP contribution in [0.2, 0.25) is 0 Å². The van der Waals surface area contributed by atoms with Crippen molar-refractivity contribution in [3.8, 4) is 6.07 Å². The number of anilines is 1. The van der Waals surface area contributed by atoms with E-state index in [1.165, 1.54) is 5.56 Å². The molecule has 0 radical (unpaired) electrons. The molecule has 0 heterocycles. The van der Waals surface area contributed by atoms with Gasteiger partial charge in [0.2, 0.25) is 5.91 Å². The number of nitriles is 1. The summed E-state index contributed by atoms with van der Waals surface area (Å²) in [5.41, 5.74) is 4.28. The van der Waals surface area contributed by atoms with Gasteiger partial charge in [0.05, 0.1) is 24.2 Å². The molecular weight excluding hydrogens is 470 g/mol. The van der Waals surface area contributed by atoms with Gasteiger partial charge in [0.25, 0.3) is 5.91 Å². The lowest BCUT2D eigenvalue weighted by atomic mass is 9.92. The fourth-order valence-corrected chi connectivity index (χ4v) is 6.06. The van der Waals surface area contributed by atoms with Crippen molar-refractivity contribution >= 4 is 23.5 Å². The SMILES string of the molecule is COCCNC(=O)c1ccc2c(c1)[C@@]1(CC2C)C(C)[C@H]1C(=O)Nc1cc(C#N)ccc1CCCC(=O)O. The number of carbonyl (C=O) groups is 3. The molecule has 0 aliphatic heterocycles. The molecule has 8 heteroatoms. The summed E-state index contributed by atoms with van der Waals surface area (Å²) >= 11 is 0. The van der Waals surface area contributed by atoms with Crippen LogP contribution in [-0.2, 0) is 26.2 Å². The fraction of sp³-hybridized carbons (Fsp3) is 0.448. The fourth-order valence-electron chi connectivity index (χ4n) is 6.06. The molecule has 2 amide bonds.